The van der Waals surface area contributed by atoms with Crippen LogP contribution < -0.4 is 4.74 Å². The van der Waals surface area contributed by atoms with Crippen molar-refractivity contribution >= 4 is 23.1 Å². The first-order valence-electron chi connectivity index (χ1n) is 7.56. The van der Waals surface area contributed by atoms with Gasteiger partial charge in [0.2, 0.25) is 0 Å². The van der Waals surface area contributed by atoms with Gasteiger partial charge >= 0.3 is 0 Å². The van der Waals surface area contributed by atoms with Crippen molar-refractivity contribution in [3.05, 3.63) is 35.3 Å². The Balaban J connectivity index is 1.59. The minimum absolute atomic E-state index is 0.261. The summed E-state index contributed by atoms with van der Waals surface area (Å²) in [4.78, 5) is 0. The van der Waals surface area contributed by atoms with E-state index in [1.165, 1.54) is 11.3 Å². The predicted octanol–water partition coefficient (Wildman–Crippen LogP) is 0.00910. The SMILES string of the molecule is OC[C@H]1O[C@@H](Sc2nnc(COc3ccccc3)s2)[C@H](O)[C@@H](O)[C@H]1O. The van der Waals surface area contributed by atoms with Gasteiger partial charge in [0.1, 0.15) is 42.2 Å². The normalized spacial score (nSPS) is 29.5. The minimum atomic E-state index is -1.41. The number of rotatable bonds is 6. The van der Waals surface area contributed by atoms with Crippen LogP contribution in [0, 0.1) is 0 Å². The van der Waals surface area contributed by atoms with E-state index in [4.69, 9.17) is 9.47 Å². The van der Waals surface area contributed by atoms with Gasteiger partial charge in [0.25, 0.3) is 0 Å². The highest BCUT2D eigenvalue weighted by Crippen LogP contribution is 2.34. The molecule has 0 aliphatic carbocycles. The van der Waals surface area contributed by atoms with Crippen molar-refractivity contribution < 1.29 is 29.9 Å². The molecule has 1 aliphatic rings. The Morgan fingerprint density at radius 1 is 1.08 bits per heavy atom. The summed E-state index contributed by atoms with van der Waals surface area (Å²) in [6.07, 6.45) is -5.03. The number of aliphatic hydroxyl groups is 4. The molecule has 8 nitrogen and oxygen atoms in total. The number of aromatic nitrogens is 2. The second-order valence-corrected chi connectivity index (χ2v) is 7.79. The molecule has 1 aromatic heterocycles. The zero-order valence-corrected chi connectivity index (χ0v) is 14.6. The van der Waals surface area contributed by atoms with Crippen LogP contribution in [0.3, 0.4) is 0 Å². The molecule has 3 rings (SSSR count). The van der Waals surface area contributed by atoms with Crippen molar-refractivity contribution in [2.45, 2.75) is 40.8 Å². The summed E-state index contributed by atoms with van der Waals surface area (Å²) in [5.74, 6) is 0.723. The van der Waals surface area contributed by atoms with Crippen molar-refractivity contribution in [2.75, 3.05) is 6.61 Å². The van der Waals surface area contributed by atoms with Crippen molar-refractivity contribution in [3.8, 4) is 5.75 Å². The molecule has 0 bridgehead atoms. The molecule has 25 heavy (non-hydrogen) atoms. The highest BCUT2D eigenvalue weighted by atomic mass is 32.2. The molecule has 1 aliphatic heterocycles. The molecular weight excluding hydrogens is 368 g/mol. The molecule has 10 heteroatoms. The van der Waals surface area contributed by atoms with E-state index in [1.54, 1.807) is 0 Å². The van der Waals surface area contributed by atoms with Gasteiger partial charge in [-0.2, -0.15) is 0 Å². The van der Waals surface area contributed by atoms with Gasteiger partial charge in [-0.1, -0.05) is 41.3 Å². The Morgan fingerprint density at radius 3 is 2.56 bits per heavy atom. The summed E-state index contributed by atoms with van der Waals surface area (Å²) in [6, 6.07) is 9.31. The summed E-state index contributed by atoms with van der Waals surface area (Å²) < 4.78 is 11.6. The highest BCUT2D eigenvalue weighted by molar-refractivity contribution is 8.01. The lowest BCUT2D eigenvalue weighted by atomic mass is 10.0. The summed E-state index contributed by atoms with van der Waals surface area (Å²) in [5.41, 5.74) is -0.869. The van der Waals surface area contributed by atoms with Gasteiger partial charge in [-0.15, -0.1) is 10.2 Å². The second-order valence-electron chi connectivity index (χ2n) is 5.38. The lowest BCUT2D eigenvalue weighted by molar-refractivity contribution is -0.205. The van der Waals surface area contributed by atoms with Crippen LogP contribution in [0.25, 0.3) is 0 Å². The third-order valence-corrected chi connectivity index (χ3v) is 5.75. The standard InChI is InChI=1S/C15H18N2O6S2/c18-6-9-11(19)12(20)13(21)14(23-9)25-15-17-16-10(24-15)7-22-8-4-2-1-3-5-8/h1-5,9,11-14,18-21H,6-7H2/t9-,11+,12+,13-,14+/m1/s1. The first-order chi connectivity index (χ1) is 12.1. The summed E-state index contributed by atoms with van der Waals surface area (Å²) in [6.45, 7) is -0.203. The maximum absolute atomic E-state index is 10.0. The van der Waals surface area contributed by atoms with Crippen LogP contribution in [0.5, 0.6) is 5.75 Å². The fourth-order valence-electron chi connectivity index (χ4n) is 2.27. The second kappa shape index (κ2) is 8.41. The van der Waals surface area contributed by atoms with Crippen LogP contribution >= 0.6 is 23.1 Å². The summed E-state index contributed by atoms with van der Waals surface area (Å²) in [7, 11) is 0. The number of thioether (sulfide) groups is 1. The Labute approximate surface area is 152 Å². The van der Waals surface area contributed by atoms with Gasteiger partial charge in [-0.3, -0.25) is 0 Å². The van der Waals surface area contributed by atoms with Gasteiger partial charge in [0.15, 0.2) is 9.35 Å². The highest BCUT2D eigenvalue weighted by Gasteiger charge is 2.44. The lowest BCUT2D eigenvalue weighted by Gasteiger charge is -2.39. The molecule has 4 N–H and O–H groups in total. The number of para-hydroxylation sites is 1. The van der Waals surface area contributed by atoms with Crippen LogP contribution in [0.2, 0.25) is 0 Å². The number of hydrogen-bond donors (Lipinski definition) is 4. The quantitative estimate of drug-likeness (QED) is 0.543. The summed E-state index contributed by atoms with van der Waals surface area (Å²) >= 11 is 2.35. The molecule has 0 unspecified atom stereocenters. The van der Waals surface area contributed by atoms with Gasteiger partial charge in [-0.05, 0) is 12.1 Å². The van der Waals surface area contributed by atoms with Crippen LogP contribution in [-0.4, -0.2) is 67.1 Å². The molecule has 5 atom stereocenters. The Kier molecular flexibility index (Phi) is 6.23. The maximum atomic E-state index is 10.0. The van der Waals surface area contributed by atoms with Gasteiger partial charge in [0.05, 0.1) is 6.61 Å². The number of hydrogen-bond acceptors (Lipinski definition) is 10. The zero-order chi connectivity index (χ0) is 17.8. The number of nitrogens with zero attached hydrogens (tertiary/aromatic N) is 2. The van der Waals surface area contributed by atoms with Crippen LogP contribution in [-0.2, 0) is 11.3 Å². The molecule has 0 saturated carbocycles. The van der Waals surface area contributed by atoms with Gasteiger partial charge in [-0.25, -0.2) is 0 Å². The molecule has 1 fully saturated rings. The van der Waals surface area contributed by atoms with E-state index in [9.17, 15) is 20.4 Å². The van der Waals surface area contributed by atoms with E-state index in [0.29, 0.717) is 9.35 Å². The number of benzene rings is 1. The van der Waals surface area contributed by atoms with Gasteiger partial charge < -0.3 is 29.9 Å². The molecule has 1 aromatic carbocycles. The zero-order valence-electron chi connectivity index (χ0n) is 13.0. The average molecular weight is 386 g/mol. The third kappa shape index (κ3) is 4.47. The lowest BCUT2D eigenvalue weighted by Crippen LogP contribution is -2.57. The Hall–Kier alpha value is -1.27. The minimum Gasteiger partial charge on any atom is -0.486 e. The van der Waals surface area contributed by atoms with E-state index >= 15 is 0 Å². The van der Waals surface area contributed by atoms with Crippen LogP contribution in [0.1, 0.15) is 5.01 Å². The van der Waals surface area contributed by atoms with Crippen molar-refractivity contribution in [3.63, 3.8) is 0 Å². The molecule has 0 amide bonds. The Morgan fingerprint density at radius 2 is 1.84 bits per heavy atom. The van der Waals surface area contributed by atoms with E-state index in [0.717, 1.165) is 17.5 Å². The van der Waals surface area contributed by atoms with Crippen molar-refractivity contribution in [1.29, 1.82) is 0 Å². The predicted molar refractivity (Wildman–Crippen MR) is 90.3 cm³/mol. The molecule has 0 radical (unpaired) electrons. The van der Waals surface area contributed by atoms with E-state index < -0.39 is 36.5 Å². The van der Waals surface area contributed by atoms with E-state index in [2.05, 4.69) is 10.2 Å². The first-order valence-corrected chi connectivity index (χ1v) is 9.25. The topological polar surface area (TPSA) is 125 Å². The fraction of sp³-hybridized carbons (Fsp3) is 0.467. The molecular formula is C15H18N2O6S2. The third-order valence-electron chi connectivity index (χ3n) is 3.62. The summed E-state index contributed by atoms with van der Waals surface area (Å²) in [5, 5.41) is 47.5. The number of aliphatic hydroxyl groups excluding tert-OH is 4. The molecule has 0 spiro atoms. The van der Waals surface area contributed by atoms with E-state index in [-0.39, 0.29) is 6.61 Å². The van der Waals surface area contributed by atoms with Gasteiger partial charge in [0, 0.05) is 0 Å². The molecule has 136 valence electrons. The van der Waals surface area contributed by atoms with Crippen molar-refractivity contribution in [2.24, 2.45) is 0 Å². The largest absolute Gasteiger partial charge is 0.486 e. The van der Waals surface area contributed by atoms with Crippen LogP contribution in [0.4, 0.5) is 0 Å². The van der Waals surface area contributed by atoms with E-state index in [1.807, 2.05) is 30.3 Å². The smallest absolute Gasteiger partial charge is 0.177 e. The fourth-order valence-corrected chi connectivity index (χ4v) is 4.30. The Bertz CT molecular complexity index is 671. The maximum Gasteiger partial charge on any atom is 0.177 e. The number of ether oxygens (including phenoxy) is 2. The average Bonchev–Trinajstić information content (AvgIpc) is 3.09. The first kappa shape index (κ1) is 18.5. The molecule has 1 saturated heterocycles. The monoisotopic (exact) mass is 386 g/mol. The molecule has 2 heterocycles. The van der Waals surface area contributed by atoms with Crippen LogP contribution in [0.15, 0.2) is 34.7 Å². The molecule has 2 aromatic rings. The van der Waals surface area contributed by atoms with Crippen molar-refractivity contribution in [1.82, 2.24) is 10.2 Å².